The number of benzene rings is 1. The van der Waals surface area contributed by atoms with E-state index in [0.717, 1.165) is 24.0 Å². The first-order chi connectivity index (χ1) is 9.74. The van der Waals surface area contributed by atoms with Crippen molar-refractivity contribution in [1.82, 2.24) is 4.98 Å². The molecule has 0 fully saturated rings. The van der Waals surface area contributed by atoms with Crippen LogP contribution in [0.1, 0.15) is 13.3 Å². The van der Waals surface area contributed by atoms with Crippen LogP contribution in [0.3, 0.4) is 0 Å². The van der Waals surface area contributed by atoms with Crippen molar-refractivity contribution < 1.29 is 9.66 Å². The van der Waals surface area contributed by atoms with Crippen molar-refractivity contribution in [2.24, 2.45) is 0 Å². The van der Waals surface area contributed by atoms with Crippen LogP contribution < -0.4 is 5.32 Å². The van der Waals surface area contributed by atoms with E-state index in [2.05, 4.69) is 10.3 Å². The third kappa shape index (κ3) is 3.21. The Hall–Kier alpha value is -2.21. The summed E-state index contributed by atoms with van der Waals surface area (Å²) in [5, 5.41) is 15.6. The molecule has 0 spiro atoms. The summed E-state index contributed by atoms with van der Waals surface area (Å²) in [5.74, 6) is 0. The van der Waals surface area contributed by atoms with Crippen LogP contribution in [0.15, 0.2) is 30.6 Å². The second-order valence-corrected chi connectivity index (χ2v) is 4.29. The van der Waals surface area contributed by atoms with Crippen LogP contribution in [-0.4, -0.2) is 29.7 Å². The van der Waals surface area contributed by atoms with Crippen LogP contribution in [0.5, 0.6) is 0 Å². The molecule has 20 heavy (non-hydrogen) atoms. The number of nitrogens with one attached hydrogen (secondary N) is 1. The molecule has 2 aromatic rings. The van der Waals surface area contributed by atoms with E-state index >= 15 is 0 Å². The Bertz CT molecular complexity index is 601. The smallest absolute Gasteiger partial charge is 0.278 e. The molecule has 0 atom stereocenters. The van der Waals surface area contributed by atoms with E-state index in [1.807, 2.05) is 6.92 Å². The number of fused-ring (bicyclic) bond motifs is 1. The number of nitro benzene ring substituents is 1. The van der Waals surface area contributed by atoms with Gasteiger partial charge < -0.3 is 10.1 Å². The van der Waals surface area contributed by atoms with E-state index in [4.69, 9.17) is 4.74 Å². The van der Waals surface area contributed by atoms with Gasteiger partial charge in [0.15, 0.2) is 0 Å². The van der Waals surface area contributed by atoms with Gasteiger partial charge >= 0.3 is 0 Å². The summed E-state index contributed by atoms with van der Waals surface area (Å²) in [4.78, 5) is 14.6. The zero-order valence-corrected chi connectivity index (χ0v) is 11.3. The molecular formula is C14H17N3O3. The van der Waals surface area contributed by atoms with Crippen molar-refractivity contribution in [3.63, 3.8) is 0 Å². The van der Waals surface area contributed by atoms with Crippen LogP contribution in [-0.2, 0) is 4.74 Å². The standard InChI is InChI=1S/C14H17N3O3/c1-2-20-9-3-7-16-13-4-5-14(17(18)19)12-10-15-8-6-11(12)13/h4-6,8,10,16H,2-3,7,9H2,1H3. The highest BCUT2D eigenvalue weighted by atomic mass is 16.6. The average Bonchev–Trinajstić information content (AvgIpc) is 2.46. The highest BCUT2D eigenvalue weighted by molar-refractivity contribution is 5.99. The molecule has 1 aromatic heterocycles. The molecule has 0 aliphatic carbocycles. The molecule has 0 amide bonds. The minimum Gasteiger partial charge on any atom is -0.384 e. The number of hydrogen-bond donors (Lipinski definition) is 1. The lowest BCUT2D eigenvalue weighted by molar-refractivity contribution is -0.383. The Morgan fingerprint density at radius 2 is 2.20 bits per heavy atom. The van der Waals surface area contributed by atoms with E-state index in [0.29, 0.717) is 18.6 Å². The number of nitro groups is 1. The molecule has 1 aromatic carbocycles. The predicted molar refractivity (Wildman–Crippen MR) is 78.0 cm³/mol. The SMILES string of the molecule is CCOCCCNc1ccc([N+](=O)[O-])c2cnccc12. The third-order valence-electron chi connectivity index (χ3n) is 2.98. The third-order valence-corrected chi connectivity index (χ3v) is 2.98. The first-order valence-electron chi connectivity index (χ1n) is 6.56. The van der Waals surface area contributed by atoms with Gasteiger partial charge in [-0.05, 0) is 25.5 Å². The maximum absolute atomic E-state index is 11.0. The topological polar surface area (TPSA) is 77.3 Å². The van der Waals surface area contributed by atoms with E-state index in [-0.39, 0.29) is 10.6 Å². The molecule has 0 unspecified atom stereocenters. The van der Waals surface area contributed by atoms with Gasteiger partial charge in [-0.15, -0.1) is 0 Å². The molecule has 0 saturated carbocycles. The molecule has 106 valence electrons. The molecule has 6 nitrogen and oxygen atoms in total. The second kappa shape index (κ2) is 6.81. The molecule has 2 rings (SSSR count). The average molecular weight is 275 g/mol. The molecule has 1 N–H and O–H groups in total. The van der Waals surface area contributed by atoms with Crippen molar-refractivity contribution in [2.75, 3.05) is 25.1 Å². The minimum absolute atomic E-state index is 0.0768. The summed E-state index contributed by atoms with van der Waals surface area (Å²) in [6.45, 7) is 4.14. The van der Waals surface area contributed by atoms with Crippen molar-refractivity contribution in [3.05, 3.63) is 40.7 Å². The Labute approximate surface area is 116 Å². The van der Waals surface area contributed by atoms with E-state index in [9.17, 15) is 10.1 Å². The van der Waals surface area contributed by atoms with Gasteiger partial charge in [0.2, 0.25) is 0 Å². The fraction of sp³-hybridized carbons (Fsp3) is 0.357. The van der Waals surface area contributed by atoms with Crippen molar-refractivity contribution in [3.8, 4) is 0 Å². The largest absolute Gasteiger partial charge is 0.384 e. The van der Waals surface area contributed by atoms with Crippen molar-refractivity contribution in [2.45, 2.75) is 13.3 Å². The molecule has 0 radical (unpaired) electrons. The van der Waals surface area contributed by atoms with Gasteiger partial charge in [-0.2, -0.15) is 0 Å². The summed E-state index contributed by atoms with van der Waals surface area (Å²) >= 11 is 0. The number of pyridine rings is 1. The molecule has 1 heterocycles. The zero-order chi connectivity index (χ0) is 14.4. The number of anilines is 1. The summed E-state index contributed by atoms with van der Waals surface area (Å²) < 4.78 is 5.27. The predicted octanol–water partition coefficient (Wildman–Crippen LogP) is 2.98. The van der Waals surface area contributed by atoms with Gasteiger partial charge in [0.1, 0.15) is 0 Å². The summed E-state index contributed by atoms with van der Waals surface area (Å²) in [5.41, 5.74) is 0.956. The number of aromatic nitrogens is 1. The van der Waals surface area contributed by atoms with Gasteiger partial charge in [-0.25, -0.2) is 0 Å². The van der Waals surface area contributed by atoms with Crippen LogP contribution in [0.2, 0.25) is 0 Å². The van der Waals surface area contributed by atoms with Crippen LogP contribution in [0.4, 0.5) is 11.4 Å². The maximum atomic E-state index is 11.0. The van der Waals surface area contributed by atoms with Gasteiger partial charge in [-0.1, -0.05) is 0 Å². The van der Waals surface area contributed by atoms with Crippen LogP contribution in [0, 0.1) is 10.1 Å². The Kier molecular flexibility index (Phi) is 4.84. The number of ether oxygens (including phenoxy) is 1. The highest BCUT2D eigenvalue weighted by Gasteiger charge is 2.13. The van der Waals surface area contributed by atoms with Gasteiger partial charge in [0.25, 0.3) is 5.69 Å². The molecular weight excluding hydrogens is 258 g/mol. The molecule has 0 aliphatic rings. The number of non-ortho nitro benzene ring substituents is 1. The minimum atomic E-state index is -0.386. The zero-order valence-electron chi connectivity index (χ0n) is 11.3. The summed E-state index contributed by atoms with van der Waals surface area (Å²) in [6.07, 6.45) is 4.05. The molecule has 6 heteroatoms. The van der Waals surface area contributed by atoms with Gasteiger partial charge in [-0.3, -0.25) is 15.1 Å². The van der Waals surface area contributed by atoms with E-state index < -0.39 is 0 Å². The Balaban J connectivity index is 2.18. The Morgan fingerprint density at radius 3 is 2.95 bits per heavy atom. The van der Waals surface area contributed by atoms with Gasteiger partial charge in [0, 0.05) is 49.3 Å². The first kappa shape index (κ1) is 14.2. The second-order valence-electron chi connectivity index (χ2n) is 4.29. The summed E-state index contributed by atoms with van der Waals surface area (Å²) in [6, 6.07) is 5.03. The monoisotopic (exact) mass is 275 g/mol. The van der Waals surface area contributed by atoms with Crippen molar-refractivity contribution in [1.29, 1.82) is 0 Å². The number of hydrogen-bond acceptors (Lipinski definition) is 5. The van der Waals surface area contributed by atoms with Crippen molar-refractivity contribution >= 4 is 22.1 Å². The molecule has 0 aliphatic heterocycles. The number of nitrogens with zero attached hydrogens (tertiary/aromatic N) is 2. The fourth-order valence-corrected chi connectivity index (χ4v) is 2.03. The summed E-state index contributed by atoms with van der Waals surface area (Å²) in [7, 11) is 0. The quantitative estimate of drug-likeness (QED) is 0.477. The normalized spacial score (nSPS) is 10.7. The maximum Gasteiger partial charge on any atom is 0.278 e. The Morgan fingerprint density at radius 1 is 1.35 bits per heavy atom. The lowest BCUT2D eigenvalue weighted by Gasteiger charge is -2.09. The van der Waals surface area contributed by atoms with Crippen LogP contribution >= 0.6 is 0 Å². The lowest BCUT2D eigenvalue weighted by Crippen LogP contribution is -2.06. The van der Waals surface area contributed by atoms with E-state index in [1.165, 1.54) is 12.3 Å². The lowest BCUT2D eigenvalue weighted by atomic mass is 10.1. The van der Waals surface area contributed by atoms with E-state index in [1.54, 1.807) is 18.3 Å². The first-order valence-corrected chi connectivity index (χ1v) is 6.56. The molecule has 0 bridgehead atoms. The van der Waals surface area contributed by atoms with Crippen LogP contribution in [0.25, 0.3) is 10.8 Å². The highest BCUT2D eigenvalue weighted by Crippen LogP contribution is 2.30. The number of rotatable bonds is 7. The molecule has 0 saturated heterocycles. The fourth-order valence-electron chi connectivity index (χ4n) is 2.03. The van der Waals surface area contributed by atoms with Gasteiger partial charge in [0.05, 0.1) is 10.3 Å².